The number of fused-ring (bicyclic) bond motifs is 3. The van der Waals surface area contributed by atoms with Crippen LogP contribution in [0, 0.1) is 0 Å². The molecule has 1 heterocycles. The van der Waals surface area contributed by atoms with Gasteiger partial charge in [-0.2, -0.15) is 0 Å². The summed E-state index contributed by atoms with van der Waals surface area (Å²) in [4.78, 5) is 119. The van der Waals surface area contributed by atoms with E-state index in [2.05, 4.69) is 52.8 Å². The number of aliphatic carboxylic acids is 1. The number of carbonyl (C=O) groups excluding carboxylic acids is 8. The van der Waals surface area contributed by atoms with Crippen molar-refractivity contribution in [2.45, 2.75) is 122 Å². The smallest absolute Gasteiger partial charge is 0.408 e. The number of aromatic nitrogens is 1. The Balaban J connectivity index is 1.14. The molecule has 414 valence electrons. The molecular formula is C53H68N10O13S. The Morgan fingerprint density at radius 3 is 1.75 bits per heavy atom. The van der Waals surface area contributed by atoms with E-state index in [0.29, 0.717) is 29.2 Å². The van der Waals surface area contributed by atoms with Crippen molar-refractivity contribution in [1.82, 2.24) is 47.5 Å². The van der Waals surface area contributed by atoms with Crippen molar-refractivity contribution in [2.24, 2.45) is 0 Å². The monoisotopic (exact) mass is 1080 g/mol. The molecule has 24 heteroatoms. The fourth-order valence-corrected chi connectivity index (χ4v) is 8.76. The third-order valence-electron chi connectivity index (χ3n) is 11.9. The molecule has 5 rings (SSSR count). The molecular weight excluding hydrogens is 1020 g/mol. The Bertz CT molecular complexity index is 2750. The van der Waals surface area contributed by atoms with Gasteiger partial charge in [0.15, 0.2) is 5.13 Å². The second kappa shape index (κ2) is 27.5. The minimum absolute atomic E-state index is 0.0310. The van der Waals surface area contributed by atoms with E-state index in [1.807, 2.05) is 48.5 Å². The molecule has 1 aliphatic carbocycles. The Morgan fingerprint density at radius 1 is 0.649 bits per heavy atom. The Hall–Kier alpha value is -8.28. The lowest BCUT2D eigenvalue weighted by molar-refractivity contribution is -0.138. The number of carbonyl (C=O) groups is 9. The van der Waals surface area contributed by atoms with E-state index in [0.717, 1.165) is 27.1 Å². The van der Waals surface area contributed by atoms with Crippen LogP contribution in [0.25, 0.3) is 11.1 Å². The fourth-order valence-electron chi connectivity index (χ4n) is 7.90. The highest BCUT2D eigenvalue weighted by Crippen LogP contribution is 2.44. The fraction of sp³-hybridized carbons (Fsp3) is 0.434. The summed E-state index contributed by atoms with van der Waals surface area (Å²) in [7, 11) is 0. The van der Waals surface area contributed by atoms with Crippen molar-refractivity contribution >= 4 is 70.1 Å². The van der Waals surface area contributed by atoms with Crippen LogP contribution in [0.3, 0.4) is 0 Å². The molecule has 77 heavy (non-hydrogen) atoms. The highest BCUT2D eigenvalue weighted by molar-refractivity contribution is 7.15. The van der Waals surface area contributed by atoms with Crippen molar-refractivity contribution in [1.29, 1.82) is 0 Å². The lowest BCUT2D eigenvalue weighted by Crippen LogP contribution is -2.56. The number of carboxylic acids is 1. The van der Waals surface area contributed by atoms with E-state index in [1.165, 1.54) is 52.0 Å². The number of anilines is 1. The summed E-state index contributed by atoms with van der Waals surface area (Å²) in [6, 6.07) is 13.8. The maximum Gasteiger partial charge on any atom is 0.408 e. The molecule has 0 unspecified atom stereocenters. The van der Waals surface area contributed by atoms with Crippen molar-refractivity contribution in [2.75, 3.05) is 31.6 Å². The molecule has 4 aromatic rings. The van der Waals surface area contributed by atoms with E-state index in [-0.39, 0.29) is 37.7 Å². The number of phenols is 1. The summed E-state index contributed by atoms with van der Waals surface area (Å²) in [5, 5.41) is 43.7. The Morgan fingerprint density at radius 2 is 1.18 bits per heavy atom. The number of carboxylic acid groups (broad SMARTS) is 1. The largest absolute Gasteiger partial charge is 0.508 e. The van der Waals surface area contributed by atoms with Gasteiger partial charge in [-0.3, -0.25) is 33.6 Å². The van der Waals surface area contributed by atoms with Crippen molar-refractivity contribution in [3.63, 3.8) is 0 Å². The minimum Gasteiger partial charge on any atom is -0.508 e. The molecule has 8 amide bonds. The van der Waals surface area contributed by atoms with Crippen molar-refractivity contribution < 1.29 is 62.8 Å². The standard InChI is InChI=1S/C53H68N10O13S/c1-28(58-46(69)30(3)60-48(71)32(5)62-52(74)76-53(6,7)8)44(67)54-20-13-21-55-50-57-25-35(77-50)24-34-22-33(18-19-42(34)64)23-41(49(72)61-31(4)47(70)59-29(2)45(68)56-26-43(65)66)63-51(73)75-27-40-38-16-11-9-14-36(38)37-15-10-12-17-39(37)40/h9-12,14-19,22,25,28-32,40-41,64H,13,20-21,23-24,26-27H2,1-8H3,(H,54,67)(H,55,57)(H,56,68)(H,58,69)(H,59,70)(H,60,71)(H,61,72)(H,62,74)(H,63,73)(H,65,66)/t28-,29-,30-,31-,32-,41-/m0/s1. The van der Waals surface area contributed by atoms with Gasteiger partial charge >= 0.3 is 18.2 Å². The number of hydrogen-bond acceptors (Lipinski definition) is 15. The number of nitrogens with one attached hydrogen (secondary N) is 9. The normalized spacial score (nSPS) is 14.0. The molecule has 0 saturated heterocycles. The van der Waals surface area contributed by atoms with Crippen LogP contribution in [0.1, 0.15) is 94.9 Å². The summed E-state index contributed by atoms with van der Waals surface area (Å²) in [6.07, 6.45) is 0.602. The van der Waals surface area contributed by atoms with E-state index < -0.39 is 102 Å². The van der Waals surface area contributed by atoms with Crippen LogP contribution in [0.15, 0.2) is 72.9 Å². The van der Waals surface area contributed by atoms with Gasteiger partial charge in [-0.05, 0) is 101 Å². The molecule has 6 atom stereocenters. The van der Waals surface area contributed by atoms with Crippen molar-refractivity contribution in [3.05, 3.63) is 100 Å². The van der Waals surface area contributed by atoms with Crippen molar-refractivity contribution in [3.8, 4) is 16.9 Å². The molecule has 1 aliphatic rings. The highest BCUT2D eigenvalue weighted by Gasteiger charge is 2.32. The van der Waals surface area contributed by atoms with E-state index in [9.17, 15) is 48.3 Å². The van der Waals surface area contributed by atoms with Crippen LogP contribution in [-0.4, -0.2) is 137 Å². The molecule has 23 nitrogen and oxygen atoms in total. The van der Waals surface area contributed by atoms with Gasteiger partial charge in [0, 0.05) is 42.9 Å². The van der Waals surface area contributed by atoms with Crippen LogP contribution >= 0.6 is 11.3 Å². The first-order valence-electron chi connectivity index (χ1n) is 25.0. The van der Waals surface area contributed by atoms with Gasteiger partial charge in [0.2, 0.25) is 35.4 Å². The molecule has 0 fully saturated rings. The third-order valence-corrected chi connectivity index (χ3v) is 12.9. The molecule has 0 bridgehead atoms. The number of alkyl carbamates (subject to hydrolysis) is 2. The van der Waals surface area contributed by atoms with Gasteiger partial charge in [-0.25, -0.2) is 14.6 Å². The first-order chi connectivity index (χ1) is 36.4. The topological polar surface area (TPSA) is 334 Å². The number of hydrogen-bond donors (Lipinski definition) is 11. The number of nitrogens with zero attached hydrogens (tertiary/aromatic N) is 1. The number of benzene rings is 3. The van der Waals surface area contributed by atoms with Crippen LogP contribution in [0.5, 0.6) is 5.75 Å². The second-order valence-electron chi connectivity index (χ2n) is 19.5. The molecule has 0 spiro atoms. The zero-order chi connectivity index (χ0) is 56.6. The van der Waals surface area contributed by atoms with Gasteiger partial charge in [0.1, 0.15) is 60.8 Å². The van der Waals surface area contributed by atoms with Gasteiger partial charge in [-0.15, -0.1) is 11.3 Å². The lowest BCUT2D eigenvalue weighted by Gasteiger charge is -2.23. The molecule has 0 aliphatic heterocycles. The van der Waals surface area contributed by atoms with Crippen LogP contribution in [0.4, 0.5) is 14.7 Å². The zero-order valence-electron chi connectivity index (χ0n) is 44.2. The number of phenolic OH excluding ortho intramolecular Hbond substituents is 1. The first kappa shape index (κ1) is 59.6. The SMILES string of the molecule is C[C@H](NC(=O)OC(C)(C)C)C(=O)N[C@@H](C)C(=O)N[C@@H](C)C(=O)NCCCNc1ncc(Cc2cc(C[C@H](NC(=O)OCC3c4ccccc4-c4ccccc43)C(=O)N[C@@H](C)C(=O)N[C@@H](C)C(=O)NCC(=O)O)ccc2O)s1. The van der Waals surface area contributed by atoms with Gasteiger partial charge < -0.3 is 67.5 Å². The first-order valence-corrected chi connectivity index (χ1v) is 25.8. The second-order valence-corrected chi connectivity index (χ2v) is 20.6. The quantitative estimate of drug-likeness (QED) is 0.0425. The number of ether oxygens (including phenoxy) is 2. The van der Waals surface area contributed by atoms with E-state index in [1.54, 1.807) is 39.1 Å². The molecule has 0 saturated carbocycles. The van der Waals surface area contributed by atoms with Crippen LogP contribution in [0.2, 0.25) is 0 Å². The summed E-state index contributed by atoms with van der Waals surface area (Å²) in [5.74, 6) is -5.48. The summed E-state index contributed by atoms with van der Waals surface area (Å²) in [6.45, 7) is 12.2. The van der Waals surface area contributed by atoms with Gasteiger partial charge in [0.25, 0.3) is 0 Å². The minimum atomic E-state index is -1.30. The van der Waals surface area contributed by atoms with Crippen LogP contribution < -0.4 is 47.9 Å². The third kappa shape index (κ3) is 18.2. The average molecular weight is 1090 g/mol. The van der Waals surface area contributed by atoms with Gasteiger partial charge in [-0.1, -0.05) is 60.7 Å². The number of thiazole rings is 1. The Labute approximate surface area is 449 Å². The summed E-state index contributed by atoms with van der Waals surface area (Å²) >= 11 is 1.33. The maximum atomic E-state index is 13.9. The summed E-state index contributed by atoms with van der Waals surface area (Å²) in [5.41, 5.74) is 4.30. The lowest BCUT2D eigenvalue weighted by atomic mass is 9.98. The average Bonchev–Trinajstić information content (AvgIpc) is 3.96. The Kier molecular flexibility index (Phi) is 21.3. The van der Waals surface area contributed by atoms with Crippen LogP contribution in [-0.2, 0) is 55.9 Å². The number of aromatic hydroxyl groups is 1. The zero-order valence-corrected chi connectivity index (χ0v) is 45.0. The van der Waals surface area contributed by atoms with E-state index in [4.69, 9.17) is 14.6 Å². The number of rotatable bonds is 25. The predicted molar refractivity (Wildman–Crippen MR) is 285 cm³/mol. The molecule has 0 radical (unpaired) electrons. The molecule has 11 N–H and O–H groups in total. The predicted octanol–water partition coefficient (Wildman–Crippen LogP) is 2.94. The van der Waals surface area contributed by atoms with Gasteiger partial charge in [0.05, 0.1) is 0 Å². The maximum absolute atomic E-state index is 13.9. The number of amides is 8. The molecule has 3 aromatic carbocycles. The highest BCUT2D eigenvalue weighted by atomic mass is 32.1. The molecule has 1 aromatic heterocycles. The summed E-state index contributed by atoms with van der Waals surface area (Å²) < 4.78 is 10.9. The van der Waals surface area contributed by atoms with E-state index >= 15 is 0 Å².